The number of carbonyl (C=O) groups is 1. The van der Waals surface area contributed by atoms with Gasteiger partial charge in [0, 0.05) is 6.42 Å². The molecule has 0 aromatic heterocycles. The molecule has 0 saturated carbocycles. The lowest BCUT2D eigenvalue weighted by atomic mass is 10.1. The summed E-state index contributed by atoms with van der Waals surface area (Å²) in [6.07, 6.45) is 0.413. The van der Waals surface area contributed by atoms with Crippen molar-refractivity contribution >= 4 is 5.97 Å². The predicted octanol–water partition coefficient (Wildman–Crippen LogP) is 0.738. The molecule has 0 amide bonds. The summed E-state index contributed by atoms with van der Waals surface area (Å²) in [5.41, 5.74) is 6.55. The molecule has 4 heteroatoms. The van der Waals surface area contributed by atoms with Gasteiger partial charge in [-0.1, -0.05) is 18.2 Å². The van der Waals surface area contributed by atoms with Crippen LogP contribution in [0.15, 0.2) is 24.3 Å². The van der Waals surface area contributed by atoms with Crippen LogP contribution in [-0.2, 0) is 16.0 Å². The minimum atomic E-state index is -0.647. The van der Waals surface area contributed by atoms with Gasteiger partial charge in [0.15, 0.2) is 0 Å². The van der Waals surface area contributed by atoms with Crippen LogP contribution in [0.2, 0.25) is 0 Å². The van der Waals surface area contributed by atoms with Crippen molar-refractivity contribution in [2.24, 2.45) is 5.73 Å². The Hall–Kier alpha value is -1.55. The first kappa shape index (κ1) is 11.5. The van der Waals surface area contributed by atoms with Crippen LogP contribution in [0.3, 0.4) is 0 Å². The summed E-state index contributed by atoms with van der Waals surface area (Å²) in [6.45, 7) is 0. The standard InChI is InChI=1S/C11H15NO3/c1-14-10-6-4-3-5-8(10)7-9(12)11(13)15-2/h3-6,9H,7,12H2,1-2H3/t9-/m1/s1. The van der Waals surface area contributed by atoms with E-state index in [1.807, 2.05) is 24.3 Å². The van der Waals surface area contributed by atoms with E-state index in [0.717, 1.165) is 11.3 Å². The summed E-state index contributed by atoms with van der Waals surface area (Å²) in [5, 5.41) is 0. The fourth-order valence-electron chi connectivity index (χ4n) is 1.34. The molecule has 1 rings (SSSR count). The van der Waals surface area contributed by atoms with Gasteiger partial charge in [-0.25, -0.2) is 0 Å². The number of nitrogens with two attached hydrogens (primary N) is 1. The molecule has 1 aromatic rings. The second-order valence-corrected chi connectivity index (χ2v) is 3.15. The third kappa shape index (κ3) is 2.95. The van der Waals surface area contributed by atoms with Crippen molar-refractivity contribution in [3.63, 3.8) is 0 Å². The first-order valence-electron chi connectivity index (χ1n) is 4.64. The topological polar surface area (TPSA) is 61.5 Å². The van der Waals surface area contributed by atoms with Crippen LogP contribution in [0.5, 0.6) is 5.75 Å². The third-order valence-electron chi connectivity index (χ3n) is 2.14. The Kier molecular flexibility index (Phi) is 4.12. The Morgan fingerprint density at radius 1 is 1.40 bits per heavy atom. The molecule has 1 atom stereocenters. The summed E-state index contributed by atoms with van der Waals surface area (Å²) < 4.78 is 9.70. The molecule has 0 fully saturated rings. The molecule has 0 radical (unpaired) electrons. The second-order valence-electron chi connectivity index (χ2n) is 3.15. The van der Waals surface area contributed by atoms with E-state index >= 15 is 0 Å². The van der Waals surface area contributed by atoms with E-state index in [1.54, 1.807) is 7.11 Å². The molecule has 82 valence electrons. The zero-order valence-corrected chi connectivity index (χ0v) is 8.90. The molecule has 2 N–H and O–H groups in total. The molecule has 0 heterocycles. The molecule has 0 aliphatic heterocycles. The van der Waals surface area contributed by atoms with Crippen molar-refractivity contribution in [1.82, 2.24) is 0 Å². The lowest BCUT2D eigenvalue weighted by Gasteiger charge is -2.11. The molecule has 0 aliphatic carbocycles. The van der Waals surface area contributed by atoms with Crippen LogP contribution >= 0.6 is 0 Å². The van der Waals surface area contributed by atoms with Gasteiger partial charge in [-0.05, 0) is 11.6 Å². The van der Waals surface area contributed by atoms with Crippen molar-refractivity contribution in [2.45, 2.75) is 12.5 Å². The number of benzene rings is 1. The maximum absolute atomic E-state index is 11.1. The smallest absolute Gasteiger partial charge is 0.322 e. The minimum Gasteiger partial charge on any atom is -0.496 e. The fourth-order valence-corrected chi connectivity index (χ4v) is 1.34. The molecule has 1 aromatic carbocycles. The quantitative estimate of drug-likeness (QED) is 0.743. The number of hydrogen-bond acceptors (Lipinski definition) is 4. The summed E-state index contributed by atoms with van der Waals surface area (Å²) in [4.78, 5) is 11.1. The van der Waals surface area contributed by atoms with Gasteiger partial charge >= 0.3 is 5.97 Å². The highest BCUT2D eigenvalue weighted by molar-refractivity contribution is 5.75. The highest BCUT2D eigenvalue weighted by Gasteiger charge is 2.15. The molecule has 0 aliphatic rings. The van der Waals surface area contributed by atoms with Gasteiger partial charge in [-0.15, -0.1) is 0 Å². The summed E-state index contributed by atoms with van der Waals surface area (Å²) in [5.74, 6) is 0.317. The first-order valence-corrected chi connectivity index (χ1v) is 4.64. The van der Waals surface area contributed by atoms with Gasteiger partial charge in [-0.2, -0.15) is 0 Å². The van der Waals surface area contributed by atoms with Gasteiger partial charge in [0.05, 0.1) is 14.2 Å². The minimum absolute atomic E-state index is 0.413. The monoisotopic (exact) mass is 209 g/mol. The zero-order chi connectivity index (χ0) is 11.3. The van der Waals surface area contributed by atoms with E-state index < -0.39 is 12.0 Å². The molecule has 4 nitrogen and oxygen atoms in total. The summed E-state index contributed by atoms with van der Waals surface area (Å²) >= 11 is 0. The molecule has 0 bridgehead atoms. The Morgan fingerprint density at radius 2 is 2.07 bits per heavy atom. The van der Waals surface area contributed by atoms with E-state index in [0.29, 0.717) is 6.42 Å². The number of para-hydroxylation sites is 1. The number of methoxy groups -OCH3 is 2. The highest BCUT2D eigenvalue weighted by atomic mass is 16.5. The maximum Gasteiger partial charge on any atom is 0.322 e. The number of hydrogen-bond donors (Lipinski definition) is 1. The Balaban J connectivity index is 2.75. The fraction of sp³-hybridized carbons (Fsp3) is 0.364. The molecule has 15 heavy (non-hydrogen) atoms. The Morgan fingerprint density at radius 3 is 2.67 bits per heavy atom. The molecular formula is C11H15NO3. The number of esters is 1. The van der Waals surface area contributed by atoms with Crippen molar-refractivity contribution in [1.29, 1.82) is 0 Å². The molecule has 0 saturated heterocycles. The highest BCUT2D eigenvalue weighted by Crippen LogP contribution is 2.18. The largest absolute Gasteiger partial charge is 0.496 e. The zero-order valence-electron chi connectivity index (χ0n) is 8.90. The lowest BCUT2D eigenvalue weighted by molar-refractivity contribution is -0.142. The van der Waals surface area contributed by atoms with Gasteiger partial charge in [0.1, 0.15) is 11.8 Å². The van der Waals surface area contributed by atoms with Gasteiger partial charge in [0.2, 0.25) is 0 Å². The average Bonchev–Trinajstić information content (AvgIpc) is 2.28. The molecule has 0 spiro atoms. The Bertz CT molecular complexity index is 338. The number of rotatable bonds is 4. The van der Waals surface area contributed by atoms with Crippen molar-refractivity contribution < 1.29 is 14.3 Å². The third-order valence-corrected chi connectivity index (χ3v) is 2.14. The summed E-state index contributed by atoms with van der Waals surface area (Å²) in [7, 11) is 2.91. The van der Waals surface area contributed by atoms with Gasteiger partial charge in [0.25, 0.3) is 0 Å². The lowest BCUT2D eigenvalue weighted by Crippen LogP contribution is -2.33. The summed E-state index contributed by atoms with van der Waals surface area (Å²) in [6, 6.07) is 6.81. The normalized spacial score (nSPS) is 11.9. The van der Waals surface area contributed by atoms with Crippen LogP contribution in [0.25, 0.3) is 0 Å². The van der Waals surface area contributed by atoms with E-state index in [9.17, 15) is 4.79 Å². The number of carbonyl (C=O) groups excluding carboxylic acids is 1. The van der Waals surface area contributed by atoms with Crippen LogP contribution in [-0.4, -0.2) is 26.2 Å². The maximum atomic E-state index is 11.1. The number of ether oxygens (including phenoxy) is 2. The second kappa shape index (κ2) is 5.36. The van der Waals surface area contributed by atoms with Crippen LogP contribution < -0.4 is 10.5 Å². The van der Waals surface area contributed by atoms with Gasteiger partial charge < -0.3 is 15.2 Å². The van der Waals surface area contributed by atoms with Crippen molar-refractivity contribution in [2.75, 3.05) is 14.2 Å². The molecular weight excluding hydrogens is 194 g/mol. The first-order chi connectivity index (χ1) is 7.19. The average molecular weight is 209 g/mol. The molecule has 0 unspecified atom stereocenters. The van der Waals surface area contributed by atoms with Crippen LogP contribution in [0.1, 0.15) is 5.56 Å². The SMILES string of the molecule is COC(=O)[C@H](N)Cc1ccccc1OC. The predicted molar refractivity (Wildman–Crippen MR) is 56.7 cm³/mol. The Labute approximate surface area is 89.0 Å². The van der Waals surface area contributed by atoms with Crippen LogP contribution in [0.4, 0.5) is 0 Å². The van der Waals surface area contributed by atoms with Crippen molar-refractivity contribution in [3.05, 3.63) is 29.8 Å². The van der Waals surface area contributed by atoms with Gasteiger partial charge in [-0.3, -0.25) is 4.79 Å². The van der Waals surface area contributed by atoms with E-state index in [4.69, 9.17) is 10.5 Å². The van der Waals surface area contributed by atoms with Crippen molar-refractivity contribution in [3.8, 4) is 5.75 Å². The van der Waals surface area contributed by atoms with E-state index in [-0.39, 0.29) is 0 Å². The van der Waals surface area contributed by atoms with E-state index in [1.165, 1.54) is 7.11 Å². The van der Waals surface area contributed by atoms with E-state index in [2.05, 4.69) is 4.74 Å². The van der Waals surface area contributed by atoms with Crippen LogP contribution in [0, 0.1) is 0 Å².